The lowest BCUT2D eigenvalue weighted by molar-refractivity contribution is -0.181. The van der Waals surface area contributed by atoms with Gasteiger partial charge in [-0.1, -0.05) is 19.8 Å². The van der Waals surface area contributed by atoms with Gasteiger partial charge in [0.05, 0.1) is 12.9 Å². The number of ether oxygens (including phenoxy) is 1. The van der Waals surface area contributed by atoms with E-state index in [1.165, 1.54) is 0 Å². The van der Waals surface area contributed by atoms with Crippen LogP contribution in [0.4, 0.5) is 8.78 Å². The largest absolute Gasteiger partial charge is 0.468 e. The molecular weight excluding hydrogens is 266 g/mol. The zero-order valence-corrected chi connectivity index (χ0v) is 11.4. The molecule has 0 aromatic heterocycles. The minimum Gasteiger partial charge on any atom is -0.468 e. The van der Waals surface area contributed by atoms with E-state index in [-0.39, 0.29) is 18.6 Å². The molecule has 0 amide bonds. The van der Waals surface area contributed by atoms with Crippen LogP contribution in [0.25, 0.3) is 0 Å². The van der Waals surface area contributed by atoms with Crippen molar-refractivity contribution < 1.29 is 26.7 Å². The summed E-state index contributed by atoms with van der Waals surface area (Å²) < 4.78 is 55.3. The molecule has 0 N–H and O–H groups in total. The van der Waals surface area contributed by atoms with Crippen molar-refractivity contribution in [2.45, 2.75) is 38.5 Å². The van der Waals surface area contributed by atoms with Gasteiger partial charge in [0.2, 0.25) is 0 Å². The molecule has 0 spiro atoms. The molecule has 0 aromatic carbocycles. The van der Waals surface area contributed by atoms with Crippen LogP contribution in [0, 0.1) is 5.41 Å². The molecule has 0 radical (unpaired) electrons. The molecule has 1 aliphatic heterocycles. The molecule has 1 heterocycles. The lowest BCUT2D eigenvalue weighted by Gasteiger charge is -2.40. The average molecular weight is 284 g/mol. The number of rotatable bonds is 4. The summed E-state index contributed by atoms with van der Waals surface area (Å²) >= 11 is 0. The van der Waals surface area contributed by atoms with Gasteiger partial charge in [-0.3, -0.25) is 4.79 Å². The Balaban J connectivity index is 3.13. The molecule has 106 valence electrons. The minimum atomic E-state index is -3.79. The summed E-state index contributed by atoms with van der Waals surface area (Å²) in [6.07, 6.45) is 0.681. The fourth-order valence-corrected chi connectivity index (χ4v) is 3.97. The van der Waals surface area contributed by atoms with E-state index in [0.717, 1.165) is 7.11 Å². The van der Waals surface area contributed by atoms with Crippen molar-refractivity contribution in [3.05, 3.63) is 0 Å². The number of carbonyl (C=O) groups is 1. The van der Waals surface area contributed by atoms with E-state index in [0.29, 0.717) is 12.8 Å². The summed E-state index contributed by atoms with van der Waals surface area (Å²) in [6.45, 7) is 1.82. The minimum absolute atomic E-state index is 0.0430. The van der Waals surface area contributed by atoms with E-state index >= 15 is 0 Å². The molecule has 1 rings (SSSR count). The number of halogens is 2. The summed E-state index contributed by atoms with van der Waals surface area (Å²) in [5, 5.41) is 0. The third kappa shape index (κ3) is 2.65. The SMILES string of the molecule is CCCCC1(C(=O)OC)CCS(=O)(=O)CC1(F)F. The van der Waals surface area contributed by atoms with Crippen molar-refractivity contribution in [1.82, 2.24) is 0 Å². The number of alkyl halides is 2. The topological polar surface area (TPSA) is 60.4 Å². The van der Waals surface area contributed by atoms with E-state index in [2.05, 4.69) is 4.74 Å². The smallest absolute Gasteiger partial charge is 0.318 e. The van der Waals surface area contributed by atoms with Crippen LogP contribution < -0.4 is 0 Å². The fourth-order valence-electron chi connectivity index (χ4n) is 2.33. The normalized spacial score (nSPS) is 29.8. The van der Waals surface area contributed by atoms with Crippen molar-refractivity contribution in [3.8, 4) is 0 Å². The van der Waals surface area contributed by atoms with Crippen LogP contribution in [0.3, 0.4) is 0 Å². The van der Waals surface area contributed by atoms with Crippen LogP contribution in [-0.4, -0.2) is 38.9 Å². The van der Waals surface area contributed by atoms with Crippen LogP contribution in [-0.2, 0) is 19.4 Å². The highest BCUT2D eigenvalue weighted by molar-refractivity contribution is 7.91. The molecule has 1 aliphatic rings. The monoisotopic (exact) mass is 284 g/mol. The maximum absolute atomic E-state index is 14.1. The fraction of sp³-hybridized carbons (Fsp3) is 0.909. The van der Waals surface area contributed by atoms with Gasteiger partial charge in [-0.25, -0.2) is 17.2 Å². The van der Waals surface area contributed by atoms with Gasteiger partial charge >= 0.3 is 5.97 Å². The van der Waals surface area contributed by atoms with Crippen LogP contribution in [0.1, 0.15) is 32.6 Å². The quantitative estimate of drug-likeness (QED) is 0.738. The highest BCUT2D eigenvalue weighted by atomic mass is 32.2. The van der Waals surface area contributed by atoms with Gasteiger partial charge in [0.1, 0.15) is 11.2 Å². The van der Waals surface area contributed by atoms with Crippen molar-refractivity contribution >= 4 is 15.8 Å². The third-order valence-electron chi connectivity index (χ3n) is 3.47. The number of hydrogen-bond acceptors (Lipinski definition) is 4. The lowest BCUT2D eigenvalue weighted by atomic mass is 9.74. The summed E-state index contributed by atoms with van der Waals surface area (Å²) in [7, 11) is -2.74. The Morgan fingerprint density at radius 2 is 2.00 bits per heavy atom. The Hall–Kier alpha value is -0.720. The highest BCUT2D eigenvalue weighted by Crippen LogP contribution is 2.49. The molecule has 1 unspecified atom stereocenters. The molecule has 1 saturated heterocycles. The number of unbranched alkanes of at least 4 members (excludes halogenated alkanes) is 1. The maximum atomic E-state index is 14.1. The van der Waals surface area contributed by atoms with E-state index in [9.17, 15) is 22.0 Å². The molecule has 18 heavy (non-hydrogen) atoms. The Labute approximate surface area is 106 Å². The second-order valence-corrected chi connectivity index (χ2v) is 6.91. The predicted molar refractivity (Wildman–Crippen MR) is 62.2 cm³/mol. The molecule has 1 fully saturated rings. The number of esters is 1. The number of carbonyl (C=O) groups excluding carboxylic acids is 1. The van der Waals surface area contributed by atoms with Crippen molar-refractivity contribution in [2.75, 3.05) is 18.6 Å². The van der Waals surface area contributed by atoms with E-state index < -0.39 is 32.9 Å². The maximum Gasteiger partial charge on any atom is 0.318 e. The summed E-state index contributed by atoms with van der Waals surface area (Å²) in [5.41, 5.74) is -1.98. The second-order valence-electron chi connectivity index (χ2n) is 4.72. The molecule has 4 nitrogen and oxygen atoms in total. The first-order valence-corrected chi connectivity index (χ1v) is 7.69. The van der Waals surface area contributed by atoms with Gasteiger partial charge in [-0.2, -0.15) is 0 Å². The van der Waals surface area contributed by atoms with Gasteiger partial charge in [0, 0.05) is 0 Å². The lowest BCUT2D eigenvalue weighted by Crippen LogP contribution is -2.56. The summed E-state index contributed by atoms with van der Waals surface area (Å²) in [5.74, 6) is -6.22. The molecule has 1 atom stereocenters. The van der Waals surface area contributed by atoms with Crippen LogP contribution >= 0.6 is 0 Å². The van der Waals surface area contributed by atoms with Crippen molar-refractivity contribution in [1.29, 1.82) is 0 Å². The molecule has 0 saturated carbocycles. The van der Waals surface area contributed by atoms with Gasteiger partial charge in [0.15, 0.2) is 9.84 Å². The number of sulfone groups is 1. The highest BCUT2D eigenvalue weighted by Gasteiger charge is 2.63. The zero-order valence-electron chi connectivity index (χ0n) is 10.5. The summed E-state index contributed by atoms with van der Waals surface area (Å²) in [6, 6.07) is 0. The van der Waals surface area contributed by atoms with Gasteiger partial charge in [-0.05, 0) is 12.8 Å². The molecule has 0 bridgehead atoms. The molecule has 0 aliphatic carbocycles. The Morgan fingerprint density at radius 1 is 1.39 bits per heavy atom. The van der Waals surface area contributed by atoms with Gasteiger partial charge < -0.3 is 4.74 Å². The van der Waals surface area contributed by atoms with Gasteiger partial charge in [0.25, 0.3) is 5.92 Å². The first-order chi connectivity index (χ1) is 8.21. The van der Waals surface area contributed by atoms with E-state index in [4.69, 9.17) is 0 Å². The second kappa shape index (κ2) is 5.11. The standard InChI is InChI=1S/C11H18F2O4S/c1-3-4-5-10(9(14)17-2)6-7-18(15,16)8-11(10,12)13/h3-8H2,1-2H3. The predicted octanol–water partition coefficient (Wildman–Crippen LogP) is 1.79. The molecular formula is C11H18F2O4S. The van der Waals surface area contributed by atoms with Crippen molar-refractivity contribution in [2.24, 2.45) is 5.41 Å². The van der Waals surface area contributed by atoms with Crippen LogP contribution in [0.2, 0.25) is 0 Å². The van der Waals surface area contributed by atoms with Crippen LogP contribution in [0.5, 0.6) is 0 Å². The first kappa shape index (κ1) is 15.3. The third-order valence-corrected chi connectivity index (χ3v) is 5.10. The van der Waals surface area contributed by atoms with Crippen molar-refractivity contribution in [3.63, 3.8) is 0 Å². The average Bonchev–Trinajstić information content (AvgIpc) is 2.25. The molecule has 0 aromatic rings. The number of hydrogen-bond donors (Lipinski definition) is 0. The first-order valence-electron chi connectivity index (χ1n) is 5.87. The Kier molecular flexibility index (Phi) is 4.35. The Bertz CT molecular complexity index is 419. The Morgan fingerprint density at radius 3 is 2.44 bits per heavy atom. The van der Waals surface area contributed by atoms with Gasteiger partial charge in [-0.15, -0.1) is 0 Å². The van der Waals surface area contributed by atoms with Crippen LogP contribution in [0.15, 0.2) is 0 Å². The van der Waals surface area contributed by atoms with E-state index in [1.807, 2.05) is 6.92 Å². The number of methoxy groups -OCH3 is 1. The summed E-state index contributed by atoms with van der Waals surface area (Å²) in [4.78, 5) is 11.7. The zero-order chi connectivity index (χ0) is 14.0. The van der Waals surface area contributed by atoms with E-state index in [1.54, 1.807) is 0 Å². The molecule has 7 heteroatoms.